The van der Waals surface area contributed by atoms with Crippen molar-refractivity contribution >= 4 is 0 Å². The number of rotatable bonds is 8. The maximum atomic E-state index is 10.3. The van der Waals surface area contributed by atoms with Crippen molar-refractivity contribution in [2.24, 2.45) is 15.6 Å². The lowest BCUT2D eigenvalue weighted by atomic mass is 9.89. The second-order valence-corrected chi connectivity index (χ2v) is 3.59. The van der Waals surface area contributed by atoms with E-state index in [9.17, 15) is 20.2 Å². The first-order chi connectivity index (χ1) is 8.75. The van der Waals surface area contributed by atoms with Gasteiger partial charge < -0.3 is 9.68 Å². The summed E-state index contributed by atoms with van der Waals surface area (Å²) in [6.45, 7) is 2.33. The predicted octanol–water partition coefficient (Wildman–Crippen LogP) is 1.70. The quantitative estimate of drug-likeness (QED) is 0.212. The minimum absolute atomic E-state index is 1.17. The van der Waals surface area contributed by atoms with E-state index in [4.69, 9.17) is 11.1 Å². The van der Waals surface area contributed by atoms with E-state index in [1.54, 1.807) is 0 Å². The van der Waals surface area contributed by atoms with Gasteiger partial charge in [0.05, 0.1) is 0 Å². The molecule has 0 saturated heterocycles. The highest BCUT2D eigenvalue weighted by Gasteiger charge is 2.41. The lowest BCUT2D eigenvalue weighted by Gasteiger charge is -2.32. The van der Waals surface area contributed by atoms with E-state index in [1.165, 1.54) is 13.8 Å². The van der Waals surface area contributed by atoms with Crippen molar-refractivity contribution in [3.63, 3.8) is 0 Å². The summed E-state index contributed by atoms with van der Waals surface area (Å²) in [7, 11) is 0. The fraction of sp³-hybridized carbons (Fsp3) is 1.00. The summed E-state index contributed by atoms with van der Waals surface area (Å²) in [6, 6.07) is 0. The normalized spacial score (nSPS) is 13.2. The molecule has 0 N–H and O–H groups in total. The summed E-state index contributed by atoms with van der Waals surface area (Å²) in [4.78, 5) is 33.3. The molecule has 0 heterocycles. The zero-order valence-corrected chi connectivity index (χ0v) is 9.68. The molecule has 19 heavy (non-hydrogen) atoms. The van der Waals surface area contributed by atoms with E-state index in [0.29, 0.717) is 0 Å². The van der Waals surface area contributed by atoms with Crippen LogP contribution >= 0.6 is 0 Å². The topological polar surface area (TPSA) is 202 Å². The number of hydrogen-bond donors (Lipinski definition) is 0. The Labute approximate surface area is 104 Å². The molecular formula is C5H8N8O6. The zero-order chi connectivity index (χ0) is 15.1. The Balaban J connectivity index is 5.42. The lowest BCUT2D eigenvalue weighted by Crippen LogP contribution is -2.43. The fourth-order valence-corrected chi connectivity index (χ4v) is 0.990. The molecule has 2 atom stereocenters. The van der Waals surface area contributed by atoms with Crippen molar-refractivity contribution in [3.05, 3.63) is 41.1 Å². The van der Waals surface area contributed by atoms with Gasteiger partial charge in [0.15, 0.2) is 12.5 Å². The average Bonchev–Trinajstić information content (AvgIpc) is 2.26. The first kappa shape index (κ1) is 16.0. The van der Waals surface area contributed by atoms with Gasteiger partial charge in [0.25, 0.3) is 10.2 Å². The van der Waals surface area contributed by atoms with Crippen LogP contribution in [0.5, 0.6) is 0 Å². The van der Waals surface area contributed by atoms with Gasteiger partial charge in [-0.05, 0) is 11.1 Å². The van der Waals surface area contributed by atoms with Gasteiger partial charge in [-0.15, -0.1) is 20.2 Å². The molecule has 0 bridgehead atoms. The number of hydrogen-bond acceptors (Lipinski definition) is 8. The molecular weight excluding hydrogens is 268 g/mol. The van der Waals surface area contributed by atoms with Crippen molar-refractivity contribution in [1.29, 1.82) is 0 Å². The van der Waals surface area contributed by atoms with Gasteiger partial charge in [0.2, 0.25) is 0 Å². The second-order valence-electron chi connectivity index (χ2n) is 3.59. The molecule has 14 heteroatoms. The van der Waals surface area contributed by atoms with Crippen LogP contribution in [0.3, 0.4) is 0 Å². The molecule has 0 aliphatic rings. The van der Waals surface area contributed by atoms with Crippen LogP contribution in [-0.4, -0.2) is 22.6 Å². The van der Waals surface area contributed by atoms with Gasteiger partial charge in [-0.25, -0.2) is 0 Å². The van der Waals surface area contributed by atoms with Crippen LogP contribution in [0.25, 0.3) is 20.9 Å². The van der Waals surface area contributed by atoms with E-state index in [1.807, 2.05) is 0 Å². The molecule has 0 aromatic carbocycles. The third-order valence-corrected chi connectivity index (χ3v) is 1.96. The third kappa shape index (κ3) is 4.80. The monoisotopic (exact) mass is 276 g/mol. The van der Waals surface area contributed by atoms with Crippen molar-refractivity contribution in [2.45, 2.75) is 26.3 Å². The van der Waals surface area contributed by atoms with Crippen molar-refractivity contribution in [1.82, 2.24) is 0 Å². The molecule has 0 spiro atoms. The van der Waals surface area contributed by atoms with Gasteiger partial charge in [0, 0.05) is 15.2 Å². The fourth-order valence-electron chi connectivity index (χ4n) is 0.990. The van der Waals surface area contributed by atoms with Gasteiger partial charge in [0.1, 0.15) is 0 Å². The maximum absolute atomic E-state index is 10.3. The van der Waals surface area contributed by atoms with Crippen LogP contribution in [0.1, 0.15) is 13.8 Å². The van der Waals surface area contributed by atoms with Gasteiger partial charge in [-0.3, -0.25) is 0 Å². The average molecular weight is 276 g/mol. The van der Waals surface area contributed by atoms with Gasteiger partial charge >= 0.3 is 0 Å². The van der Waals surface area contributed by atoms with Crippen LogP contribution in [0.4, 0.5) is 0 Å². The molecule has 14 nitrogen and oxygen atoms in total. The Morgan fingerprint density at radius 2 is 1.37 bits per heavy atom. The summed E-state index contributed by atoms with van der Waals surface area (Å²) < 4.78 is 0. The first-order valence-electron chi connectivity index (χ1n) is 4.46. The van der Waals surface area contributed by atoms with E-state index in [-0.39, 0.29) is 0 Å². The summed E-state index contributed by atoms with van der Waals surface area (Å²) >= 11 is 0. The zero-order valence-electron chi connectivity index (χ0n) is 9.68. The Bertz CT molecular complexity index is 411. The highest BCUT2D eigenvalue weighted by Crippen LogP contribution is 2.32. The van der Waals surface area contributed by atoms with Crippen LogP contribution < -0.4 is 0 Å². The summed E-state index contributed by atoms with van der Waals surface area (Å²) in [5.41, 5.74) is 14.9. The first-order valence-corrected chi connectivity index (χ1v) is 4.46. The van der Waals surface area contributed by atoms with Gasteiger partial charge in [-0.2, -0.15) is 0 Å². The van der Waals surface area contributed by atoms with E-state index in [0.717, 1.165) is 0 Å². The largest absolute Gasteiger partial charge is 0.304 e. The van der Waals surface area contributed by atoms with Crippen LogP contribution in [0.2, 0.25) is 0 Å². The molecule has 0 aliphatic carbocycles. The molecule has 0 rings (SSSR count). The lowest BCUT2D eigenvalue weighted by molar-refractivity contribution is -0.785. The van der Waals surface area contributed by atoms with Crippen molar-refractivity contribution in [2.75, 3.05) is 0 Å². The van der Waals surface area contributed by atoms with E-state index in [2.05, 4.69) is 29.7 Å². The highest BCUT2D eigenvalue weighted by molar-refractivity contribution is 4.84. The molecule has 0 aromatic rings. The predicted molar refractivity (Wildman–Crippen MR) is 55.8 cm³/mol. The molecule has 0 amide bonds. The maximum Gasteiger partial charge on any atom is 0.294 e. The summed E-state index contributed by atoms with van der Waals surface area (Å²) in [5.74, 6) is 0. The minimum atomic E-state index is -1.79. The SMILES string of the molecule is CC(C)(C(N=[N+]=[N-])O[N+](=O)[O-])C(N=[N+]=[N-])O[N+](=O)[O-]. The van der Waals surface area contributed by atoms with E-state index < -0.39 is 28.0 Å². The van der Waals surface area contributed by atoms with Crippen molar-refractivity contribution < 1.29 is 19.8 Å². The number of azide groups is 2. The molecule has 0 fully saturated rings. The molecule has 104 valence electrons. The third-order valence-electron chi connectivity index (χ3n) is 1.96. The Morgan fingerprint density at radius 1 is 1.05 bits per heavy atom. The molecule has 2 unspecified atom stereocenters. The van der Waals surface area contributed by atoms with Crippen LogP contribution in [-0.2, 0) is 9.68 Å². The van der Waals surface area contributed by atoms with Gasteiger partial charge in [-0.1, -0.05) is 24.1 Å². The molecule has 0 radical (unpaired) electrons. The smallest absolute Gasteiger partial charge is 0.294 e. The Kier molecular flexibility index (Phi) is 5.63. The minimum Gasteiger partial charge on any atom is -0.304 e. The number of nitrogens with zero attached hydrogens (tertiary/aromatic N) is 8. The Morgan fingerprint density at radius 3 is 1.58 bits per heavy atom. The highest BCUT2D eigenvalue weighted by atomic mass is 17.0. The van der Waals surface area contributed by atoms with E-state index >= 15 is 0 Å². The summed E-state index contributed by atoms with van der Waals surface area (Å²) in [5, 5.41) is 24.0. The molecule has 0 saturated carbocycles. The standard InChI is InChI=1S/C5H8N8O6/c1-5(2,3(8-10-6)18-12(14)15)4(9-11-7)19-13(16)17/h3-4H,1-2H3. The molecule has 0 aliphatic heterocycles. The Hall–Kier alpha value is -2.98. The van der Waals surface area contributed by atoms with Crippen molar-refractivity contribution in [3.8, 4) is 0 Å². The van der Waals surface area contributed by atoms with Crippen LogP contribution in [0.15, 0.2) is 10.2 Å². The molecule has 0 aromatic heterocycles. The van der Waals surface area contributed by atoms with Crippen LogP contribution in [0, 0.1) is 25.6 Å². The summed E-state index contributed by atoms with van der Waals surface area (Å²) in [6.07, 6.45) is -3.58. The second kappa shape index (κ2) is 6.68.